The van der Waals surface area contributed by atoms with Gasteiger partial charge < -0.3 is 14.2 Å². The zero-order valence-corrected chi connectivity index (χ0v) is 17.7. The van der Waals surface area contributed by atoms with Crippen molar-refractivity contribution in [2.45, 2.75) is 58.0 Å². The fourth-order valence-corrected chi connectivity index (χ4v) is 6.43. The largest absolute Gasteiger partial charge is 0.498 e. The van der Waals surface area contributed by atoms with Crippen LogP contribution in [0.15, 0.2) is 65.0 Å². The van der Waals surface area contributed by atoms with Gasteiger partial charge in [0.1, 0.15) is 11.5 Å². The van der Waals surface area contributed by atoms with Gasteiger partial charge in [-0.05, 0) is 69.2 Å². The van der Waals surface area contributed by atoms with Gasteiger partial charge in [0.2, 0.25) is 0 Å². The molecule has 29 heavy (non-hydrogen) atoms. The van der Waals surface area contributed by atoms with E-state index in [0.717, 1.165) is 18.1 Å². The average Bonchev–Trinajstić information content (AvgIpc) is 3.45. The van der Waals surface area contributed by atoms with E-state index in [2.05, 4.69) is 50.3 Å². The van der Waals surface area contributed by atoms with Crippen molar-refractivity contribution in [3.63, 3.8) is 0 Å². The summed E-state index contributed by atoms with van der Waals surface area (Å²) < 4.78 is 19.1. The molecular weight excluding hydrogens is 360 g/mol. The minimum atomic E-state index is -0.437. The van der Waals surface area contributed by atoms with E-state index in [1.54, 1.807) is 11.1 Å². The number of allylic oxidation sites excluding steroid dienone is 3. The summed E-state index contributed by atoms with van der Waals surface area (Å²) in [7, 11) is 0. The molecule has 3 nitrogen and oxygen atoms in total. The molecule has 1 spiro atoms. The maximum Gasteiger partial charge on any atom is 0.165 e. The smallest absolute Gasteiger partial charge is 0.165 e. The van der Waals surface area contributed by atoms with E-state index in [1.807, 2.05) is 6.07 Å². The molecule has 0 amide bonds. The molecule has 1 saturated carbocycles. The molecule has 0 bridgehead atoms. The van der Waals surface area contributed by atoms with E-state index >= 15 is 0 Å². The molecular formula is C26H32O3. The molecule has 0 N–H and O–H groups in total. The first-order valence-corrected chi connectivity index (χ1v) is 11.4. The summed E-state index contributed by atoms with van der Waals surface area (Å²) >= 11 is 0. The zero-order valence-electron chi connectivity index (χ0n) is 17.7. The van der Waals surface area contributed by atoms with Crippen molar-refractivity contribution >= 4 is 0 Å². The third kappa shape index (κ3) is 2.59. The van der Waals surface area contributed by atoms with Crippen molar-refractivity contribution in [3.8, 4) is 5.75 Å². The number of ether oxygens (including phenoxy) is 3. The van der Waals surface area contributed by atoms with Gasteiger partial charge in [-0.3, -0.25) is 0 Å². The van der Waals surface area contributed by atoms with Gasteiger partial charge in [-0.1, -0.05) is 30.7 Å². The van der Waals surface area contributed by atoms with Crippen LogP contribution in [0.3, 0.4) is 0 Å². The Labute approximate surface area is 174 Å². The van der Waals surface area contributed by atoms with Gasteiger partial charge in [0.15, 0.2) is 5.60 Å². The molecule has 1 aromatic carbocycles. The Bertz CT molecular complexity index is 865. The summed E-state index contributed by atoms with van der Waals surface area (Å²) in [6.07, 6.45) is 12.0. The zero-order chi connectivity index (χ0) is 19.9. The van der Waals surface area contributed by atoms with Crippen molar-refractivity contribution in [1.29, 1.82) is 0 Å². The summed E-state index contributed by atoms with van der Waals surface area (Å²) in [5.41, 5.74) is 4.00. The van der Waals surface area contributed by atoms with E-state index in [1.165, 1.54) is 44.1 Å². The number of para-hydroxylation sites is 1. The number of benzene rings is 1. The minimum Gasteiger partial charge on any atom is -0.498 e. The predicted molar refractivity (Wildman–Crippen MR) is 115 cm³/mol. The lowest BCUT2D eigenvalue weighted by molar-refractivity contribution is -0.0224. The van der Waals surface area contributed by atoms with Crippen molar-refractivity contribution in [1.82, 2.24) is 0 Å². The van der Waals surface area contributed by atoms with Crippen LogP contribution >= 0.6 is 0 Å². The highest BCUT2D eigenvalue weighted by Gasteiger charge is 2.74. The third-order valence-electron chi connectivity index (χ3n) is 7.35. The fourth-order valence-electron chi connectivity index (χ4n) is 6.43. The summed E-state index contributed by atoms with van der Waals surface area (Å²) in [6, 6.07) is 10.3. The van der Waals surface area contributed by atoms with Crippen LogP contribution in [0.4, 0.5) is 0 Å². The normalized spacial score (nSPS) is 32.4. The Kier molecular flexibility index (Phi) is 4.82. The SMILES string of the molecule is CCOCC1=C(C2=CCCC2)[C@]23CCC[C@H]2C(OCC)=C[C@]13Oc1ccccc1. The summed E-state index contributed by atoms with van der Waals surface area (Å²) in [6.45, 7) is 6.22. The lowest BCUT2D eigenvalue weighted by atomic mass is 9.50. The Balaban J connectivity index is 1.67. The summed E-state index contributed by atoms with van der Waals surface area (Å²) in [5, 5.41) is 0. The van der Waals surface area contributed by atoms with Gasteiger partial charge in [0, 0.05) is 24.2 Å². The molecule has 0 unspecified atom stereocenters. The first-order chi connectivity index (χ1) is 14.3. The highest BCUT2D eigenvalue weighted by atomic mass is 16.5. The second kappa shape index (κ2) is 7.36. The van der Waals surface area contributed by atoms with Crippen molar-refractivity contribution in [2.75, 3.05) is 19.8 Å². The molecule has 0 radical (unpaired) electrons. The maximum atomic E-state index is 6.92. The average molecular weight is 393 g/mol. The van der Waals surface area contributed by atoms with E-state index in [-0.39, 0.29) is 5.41 Å². The van der Waals surface area contributed by atoms with Crippen LogP contribution in [0, 0.1) is 11.3 Å². The van der Waals surface area contributed by atoms with Crippen molar-refractivity contribution < 1.29 is 14.2 Å². The van der Waals surface area contributed by atoms with Crippen molar-refractivity contribution in [2.24, 2.45) is 11.3 Å². The first kappa shape index (κ1) is 19.0. The van der Waals surface area contributed by atoms with E-state index in [4.69, 9.17) is 14.2 Å². The summed E-state index contributed by atoms with van der Waals surface area (Å²) in [5.74, 6) is 2.50. The Morgan fingerprint density at radius 2 is 1.93 bits per heavy atom. The summed E-state index contributed by atoms with van der Waals surface area (Å²) in [4.78, 5) is 0. The van der Waals surface area contributed by atoms with Crippen LogP contribution < -0.4 is 4.74 Å². The molecule has 154 valence electrons. The topological polar surface area (TPSA) is 27.7 Å². The van der Waals surface area contributed by atoms with Gasteiger partial charge in [-0.15, -0.1) is 0 Å². The highest BCUT2D eigenvalue weighted by Crippen LogP contribution is 2.74. The molecule has 0 aliphatic heterocycles. The Morgan fingerprint density at radius 1 is 1.07 bits per heavy atom. The minimum absolute atomic E-state index is 0.00987. The van der Waals surface area contributed by atoms with Crippen LogP contribution in [-0.2, 0) is 9.47 Å². The number of hydrogen-bond donors (Lipinski definition) is 0. The quantitative estimate of drug-likeness (QED) is 0.544. The molecule has 1 fully saturated rings. The second-order valence-corrected chi connectivity index (χ2v) is 8.66. The molecule has 5 rings (SSSR count). The van der Waals surface area contributed by atoms with Crippen molar-refractivity contribution in [3.05, 3.63) is 65.0 Å². The molecule has 1 aromatic rings. The van der Waals surface area contributed by atoms with Gasteiger partial charge in [-0.2, -0.15) is 0 Å². The van der Waals surface area contributed by atoms with Crippen LogP contribution in [0.1, 0.15) is 52.4 Å². The van der Waals surface area contributed by atoms with Gasteiger partial charge >= 0.3 is 0 Å². The Morgan fingerprint density at radius 3 is 2.66 bits per heavy atom. The lowest BCUT2D eigenvalue weighted by Crippen LogP contribution is -2.62. The molecule has 4 aliphatic rings. The van der Waals surface area contributed by atoms with Crippen LogP contribution in [0.25, 0.3) is 0 Å². The van der Waals surface area contributed by atoms with Gasteiger partial charge in [-0.25, -0.2) is 0 Å². The van der Waals surface area contributed by atoms with Crippen LogP contribution in [0.5, 0.6) is 5.75 Å². The second-order valence-electron chi connectivity index (χ2n) is 8.66. The van der Waals surface area contributed by atoms with E-state index < -0.39 is 5.60 Å². The number of hydrogen-bond acceptors (Lipinski definition) is 3. The molecule has 4 aliphatic carbocycles. The molecule has 0 aromatic heterocycles. The predicted octanol–water partition coefficient (Wildman–Crippen LogP) is 5.98. The fraction of sp³-hybridized carbons (Fsp3) is 0.538. The van der Waals surface area contributed by atoms with Gasteiger partial charge in [0.05, 0.1) is 18.6 Å². The third-order valence-corrected chi connectivity index (χ3v) is 7.35. The van der Waals surface area contributed by atoms with E-state index in [0.29, 0.717) is 19.1 Å². The first-order valence-electron chi connectivity index (χ1n) is 11.4. The Hall–Kier alpha value is -2.00. The molecule has 0 saturated heterocycles. The number of rotatable bonds is 8. The van der Waals surface area contributed by atoms with Gasteiger partial charge in [0.25, 0.3) is 0 Å². The highest BCUT2D eigenvalue weighted by molar-refractivity contribution is 5.66. The molecule has 3 heteroatoms. The molecule has 3 atom stereocenters. The van der Waals surface area contributed by atoms with E-state index in [9.17, 15) is 0 Å². The lowest BCUT2D eigenvalue weighted by Gasteiger charge is -2.58. The molecule has 0 heterocycles. The van der Waals surface area contributed by atoms with Crippen LogP contribution in [0.2, 0.25) is 0 Å². The van der Waals surface area contributed by atoms with Crippen LogP contribution in [-0.4, -0.2) is 25.4 Å². The standard InChI is InChI=1S/C26H32O3/c1-3-27-18-22-24(19-11-8-9-12-19)25-16-10-15-21(25)23(28-4-2)17-26(22,25)29-20-13-6-5-7-14-20/h5-7,11,13-14,17,21H,3-4,8-10,12,15-16,18H2,1-2H3/t21-,25-,26-/m0/s1. The maximum absolute atomic E-state index is 6.92. The monoisotopic (exact) mass is 392 g/mol.